The first-order chi connectivity index (χ1) is 11.7. The van der Waals surface area contributed by atoms with Crippen LogP contribution in [0.1, 0.15) is 42.1 Å². The zero-order valence-corrected chi connectivity index (χ0v) is 13.6. The van der Waals surface area contributed by atoms with E-state index in [2.05, 4.69) is 6.07 Å². The van der Waals surface area contributed by atoms with Crippen molar-refractivity contribution in [2.24, 2.45) is 5.92 Å². The molecule has 4 heteroatoms. The van der Waals surface area contributed by atoms with E-state index in [0.717, 1.165) is 0 Å². The molecule has 0 aliphatic heterocycles. The number of rotatable bonds is 7. The molecule has 2 aromatic carbocycles. The van der Waals surface area contributed by atoms with Crippen LogP contribution in [0, 0.1) is 17.2 Å². The lowest BCUT2D eigenvalue weighted by molar-refractivity contribution is -0.134. The number of ether oxygens (including phenoxy) is 1. The van der Waals surface area contributed by atoms with Crippen molar-refractivity contribution in [2.75, 3.05) is 0 Å². The Labute approximate surface area is 141 Å². The van der Waals surface area contributed by atoms with Crippen LogP contribution in [-0.4, -0.2) is 11.8 Å². The molecule has 0 aliphatic carbocycles. The van der Waals surface area contributed by atoms with Crippen LogP contribution in [-0.2, 0) is 4.79 Å². The summed E-state index contributed by atoms with van der Waals surface area (Å²) in [7, 11) is 0. The van der Waals surface area contributed by atoms with Crippen molar-refractivity contribution in [3.63, 3.8) is 0 Å². The van der Waals surface area contributed by atoms with E-state index in [-0.39, 0.29) is 23.9 Å². The van der Waals surface area contributed by atoms with Crippen LogP contribution in [0.3, 0.4) is 0 Å². The van der Waals surface area contributed by atoms with Gasteiger partial charge in [0.15, 0.2) is 5.78 Å². The molecule has 122 valence electrons. The molecule has 0 heterocycles. The fourth-order valence-corrected chi connectivity index (χ4v) is 2.31. The topological polar surface area (TPSA) is 67.2 Å². The average molecular weight is 321 g/mol. The predicted octanol–water partition coefficient (Wildman–Crippen LogP) is 4.15. The molecule has 0 amide bonds. The average Bonchev–Trinajstić information content (AvgIpc) is 2.63. The molecular weight excluding hydrogens is 302 g/mol. The van der Waals surface area contributed by atoms with Crippen molar-refractivity contribution in [3.05, 3.63) is 65.7 Å². The van der Waals surface area contributed by atoms with Gasteiger partial charge in [0.25, 0.3) is 0 Å². The molecule has 0 bridgehead atoms. The minimum Gasteiger partial charge on any atom is -0.426 e. The standard InChI is InChI=1S/C20H19NO3/c1-2-15(14-21)12-13-19(22)24-18-11-7-6-10-17(18)20(23)16-8-4-3-5-9-16/h3-11,15H,2,12-13H2,1H3. The van der Waals surface area contributed by atoms with Crippen molar-refractivity contribution in [3.8, 4) is 11.8 Å². The van der Waals surface area contributed by atoms with Crippen LogP contribution in [0.15, 0.2) is 54.6 Å². The van der Waals surface area contributed by atoms with E-state index >= 15 is 0 Å². The van der Waals surface area contributed by atoms with Gasteiger partial charge in [-0.2, -0.15) is 5.26 Å². The van der Waals surface area contributed by atoms with E-state index in [1.54, 1.807) is 48.5 Å². The van der Waals surface area contributed by atoms with Crippen LogP contribution >= 0.6 is 0 Å². The Balaban J connectivity index is 2.11. The van der Waals surface area contributed by atoms with Crippen molar-refractivity contribution >= 4 is 11.8 Å². The first-order valence-electron chi connectivity index (χ1n) is 7.94. The summed E-state index contributed by atoms with van der Waals surface area (Å²) in [5.74, 6) is -0.528. The van der Waals surface area contributed by atoms with Gasteiger partial charge in [0.05, 0.1) is 11.6 Å². The van der Waals surface area contributed by atoms with Crippen LogP contribution in [0.2, 0.25) is 0 Å². The third kappa shape index (κ3) is 4.53. The Kier molecular flexibility index (Phi) is 6.27. The number of ketones is 1. The number of carbonyl (C=O) groups excluding carboxylic acids is 2. The van der Waals surface area contributed by atoms with Crippen molar-refractivity contribution < 1.29 is 14.3 Å². The highest BCUT2D eigenvalue weighted by Crippen LogP contribution is 2.22. The number of hydrogen-bond donors (Lipinski definition) is 0. The van der Waals surface area contributed by atoms with Gasteiger partial charge in [-0.05, 0) is 25.0 Å². The SMILES string of the molecule is CCC(C#N)CCC(=O)Oc1ccccc1C(=O)c1ccccc1. The summed E-state index contributed by atoms with van der Waals surface area (Å²) < 4.78 is 5.36. The van der Waals surface area contributed by atoms with E-state index in [4.69, 9.17) is 10.00 Å². The largest absolute Gasteiger partial charge is 0.426 e. The van der Waals surface area contributed by atoms with Crippen LogP contribution in [0.4, 0.5) is 0 Å². The molecule has 0 saturated carbocycles. The first kappa shape index (κ1) is 17.4. The normalized spacial score (nSPS) is 11.3. The van der Waals surface area contributed by atoms with E-state index in [0.29, 0.717) is 24.0 Å². The van der Waals surface area contributed by atoms with Crippen molar-refractivity contribution in [1.82, 2.24) is 0 Å². The monoisotopic (exact) mass is 321 g/mol. The summed E-state index contributed by atoms with van der Waals surface area (Å²) >= 11 is 0. The van der Waals surface area contributed by atoms with Gasteiger partial charge < -0.3 is 4.74 Å². The molecule has 1 unspecified atom stereocenters. The van der Waals surface area contributed by atoms with Gasteiger partial charge in [0.1, 0.15) is 5.75 Å². The molecule has 0 radical (unpaired) electrons. The summed E-state index contributed by atoms with van der Waals surface area (Å²) in [6.45, 7) is 1.91. The molecule has 0 fully saturated rings. The minimum absolute atomic E-state index is 0.153. The van der Waals surface area contributed by atoms with Gasteiger partial charge in [-0.1, -0.05) is 49.4 Å². The number of nitrogens with zero attached hydrogens (tertiary/aromatic N) is 1. The number of hydrogen-bond acceptors (Lipinski definition) is 4. The molecule has 4 nitrogen and oxygen atoms in total. The highest BCUT2D eigenvalue weighted by Gasteiger charge is 2.17. The second-order valence-electron chi connectivity index (χ2n) is 5.44. The van der Waals surface area contributed by atoms with E-state index < -0.39 is 5.97 Å². The number of benzene rings is 2. The Hall–Kier alpha value is -2.93. The molecule has 24 heavy (non-hydrogen) atoms. The molecule has 0 spiro atoms. The highest BCUT2D eigenvalue weighted by atomic mass is 16.5. The maximum absolute atomic E-state index is 12.6. The van der Waals surface area contributed by atoms with Crippen molar-refractivity contribution in [1.29, 1.82) is 5.26 Å². The highest BCUT2D eigenvalue weighted by molar-refractivity contribution is 6.10. The molecule has 2 aromatic rings. The van der Waals surface area contributed by atoms with Crippen molar-refractivity contribution in [2.45, 2.75) is 26.2 Å². The molecular formula is C20H19NO3. The quantitative estimate of drug-likeness (QED) is 0.436. The summed E-state index contributed by atoms with van der Waals surface area (Å²) in [6, 6.07) is 17.7. The van der Waals surface area contributed by atoms with Crippen LogP contribution in [0.5, 0.6) is 5.75 Å². The third-order valence-electron chi connectivity index (χ3n) is 3.76. The van der Waals surface area contributed by atoms with Crippen LogP contribution in [0.25, 0.3) is 0 Å². The summed E-state index contributed by atoms with van der Waals surface area (Å²) in [5.41, 5.74) is 0.890. The Bertz CT molecular complexity index is 747. The number of para-hydroxylation sites is 1. The smallest absolute Gasteiger partial charge is 0.311 e. The maximum Gasteiger partial charge on any atom is 0.311 e. The first-order valence-corrected chi connectivity index (χ1v) is 7.94. The number of esters is 1. The second-order valence-corrected chi connectivity index (χ2v) is 5.44. The van der Waals surface area contributed by atoms with E-state index in [1.165, 1.54) is 0 Å². The minimum atomic E-state index is -0.433. The summed E-state index contributed by atoms with van der Waals surface area (Å²) in [6.07, 6.45) is 1.31. The maximum atomic E-state index is 12.6. The lowest BCUT2D eigenvalue weighted by Gasteiger charge is -2.10. The number of carbonyl (C=O) groups is 2. The Morgan fingerprint density at radius 2 is 1.75 bits per heavy atom. The number of nitriles is 1. The zero-order valence-electron chi connectivity index (χ0n) is 13.6. The van der Waals surface area contributed by atoms with Gasteiger partial charge in [0, 0.05) is 17.9 Å². The summed E-state index contributed by atoms with van der Waals surface area (Å²) in [4.78, 5) is 24.6. The fraction of sp³-hybridized carbons (Fsp3) is 0.250. The molecule has 1 atom stereocenters. The molecule has 2 rings (SSSR count). The zero-order chi connectivity index (χ0) is 17.4. The third-order valence-corrected chi connectivity index (χ3v) is 3.76. The molecule has 0 aliphatic rings. The molecule has 0 saturated heterocycles. The Morgan fingerprint density at radius 3 is 2.42 bits per heavy atom. The fourth-order valence-electron chi connectivity index (χ4n) is 2.31. The van der Waals surface area contributed by atoms with Gasteiger partial charge in [0.2, 0.25) is 0 Å². The summed E-state index contributed by atoms with van der Waals surface area (Å²) in [5, 5.41) is 8.92. The molecule has 0 N–H and O–H groups in total. The van der Waals surface area contributed by atoms with Gasteiger partial charge >= 0.3 is 5.97 Å². The van der Waals surface area contributed by atoms with Gasteiger partial charge in [-0.3, -0.25) is 9.59 Å². The predicted molar refractivity (Wildman–Crippen MR) is 90.6 cm³/mol. The van der Waals surface area contributed by atoms with Gasteiger partial charge in [-0.15, -0.1) is 0 Å². The molecule has 0 aromatic heterocycles. The van der Waals surface area contributed by atoms with Crippen LogP contribution < -0.4 is 4.74 Å². The Morgan fingerprint density at radius 1 is 1.08 bits per heavy atom. The van der Waals surface area contributed by atoms with E-state index in [1.807, 2.05) is 13.0 Å². The van der Waals surface area contributed by atoms with Gasteiger partial charge in [-0.25, -0.2) is 0 Å². The second kappa shape index (κ2) is 8.64. The lowest BCUT2D eigenvalue weighted by Crippen LogP contribution is -2.13. The van der Waals surface area contributed by atoms with E-state index in [9.17, 15) is 9.59 Å². The lowest BCUT2D eigenvalue weighted by atomic mass is 10.0.